The molecule has 14 aromatic carbocycles. The number of nitrogens with zero attached hydrogens (tertiary/aromatic N) is 8. The van der Waals surface area contributed by atoms with E-state index in [1.165, 1.54) is 192 Å². The van der Waals surface area contributed by atoms with E-state index in [2.05, 4.69) is 485 Å². The van der Waals surface area contributed by atoms with Crippen molar-refractivity contribution in [2.24, 2.45) is 4.30 Å². The molecule has 0 spiro atoms. The molecule has 743 valence electrons. The minimum absolute atomic E-state index is 0. The number of hydrogen-bond donors (Lipinski definition) is 1. The summed E-state index contributed by atoms with van der Waals surface area (Å²) in [4.78, 5) is 0. The maximum atomic E-state index is 6.44. The second kappa shape index (κ2) is 44.3. The van der Waals surface area contributed by atoms with Crippen molar-refractivity contribution < 1.29 is 51.4 Å². The van der Waals surface area contributed by atoms with Gasteiger partial charge in [0, 0.05) is 214 Å². The Kier molecular flexibility index (Phi) is 32.8. The van der Waals surface area contributed by atoms with Gasteiger partial charge in [0.15, 0.2) is 0 Å². The van der Waals surface area contributed by atoms with Crippen molar-refractivity contribution in [1.82, 2.24) is 32.0 Å². The summed E-state index contributed by atoms with van der Waals surface area (Å²) >= 11 is 10.5. The first kappa shape index (κ1) is 108. The van der Waals surface area contributed by atoms with Crippen LogP contribution in [0.1, 0.15) is 166 Å². The van der Waals surface area contributed by atoms with Gasteiger partial charge in [-0.05, 0) is 328 Å². The molecule has 24 rings (SSSR count). The summed E-state index contributed by atoms with van der Waals surface area (Å²) in [5.74, 6) is 0. The first-order valence-corrected chi connectivity index (χ1v) is 53.3. The summed E-state index contributed by atoms with van der Waals surface area (Å²) in [6.45, 7) is 54.6. The molecule has 0 aliphatic carbocycles. The van der Waals surface area contributed by atoms with Gasteiger partial charge in [-0.25, -0.2) is 0 Å². The summed E-state index contributed by atoms with van der Waals surface area (Å²) in [5.41, 5.74) is 25.7. The molecular formula is C123H136B4Br2LiN8O7S. The van der Waals surface area contributed by atoms with Crippen molar-refractivity contribution in [3.05, 3.63) is 295 Å². The Morgan fingerprint density at radius 2 is 0.527 bits per heavy atom. The molecule has 0 amide bonds. The van der Waals surface area contributed by atoms with Crippen LogP contribution in [0.4, 0.5) is 0 Å². The molecule has 0 bridgehead atoms. The van der Waals surface area contributed by atoms with Gasteiger partial charge in [0.2, 0.25) is 0 Å². The smallest absolute Gasteiger partial charge is 0.343 e. The third-order valence-electron chi connectivity index (χ3n) is 30.4. The molecule has 3 saturated heterocycles. The number of aryl methyl sites for hydroxylation is 7. The number of unbranched alkanes of at least 4 members (excludes halogenated alkanes) is 1. The van der Waals surface area contributed by atoms with Gasteiger partial charge in [-0.2, -0.15) is 6.42 Å². The molecule has 23 heteroatoms. The van der Waals surface area contributed by atoms with E-state index in [9.17, 15) is 0 Å². The second-order valence-electron chi connectivity index (χ2n) is 40.7. The van der Waals surface area contributed by atoms with Crippen LogP contribution in [0.15, 0.2) is 292 Å². The Hall–Kier alpha value is -10.6. The summed E-state index contributed by atoms with van der Waals surface area (Å²) in [6.07, 6.45) is 2.50. The average molecular weight is 2080 g/mol. The van der Waals surface area contributed by atoms with Gasteiger partial charge >= 0.3 is 65.2 Å². The maximum absolute atomic E-state index is 6.44. The molecule has 10 heterocycles. The zero-order chi connectivity index (χ0) is 102. The first-order valence-electron chi connectivity index (χ1n) is 51.3. The standard InChI is InChI=1S/C40H46B2N2O4.C28H22Br2N2.C28H24N2.C14H13N.C8H17BO3.C4H9.CH4.BHNS.Li/c1-11-43-33-17-13-25(21-29(33)31-23-27(15-19-35(31)43)41-45-37(3,4)38(5,6)46-41)26-14-18-34-30(22-26)32-24-28(16-20-36(32)44(34)12-2)42-47-39(7,8)40(9,10)48-42;1-3-31-25-9-5-17(13-21(25)23-15-19(29)7-11-27(23)31)18-6-10-26-22(14-18)24-16-20(30)8-12-28(24)32(26)4-2;1-3-29-25-11-7-5-9-21(25)23-17-19(13-15-27(23)29)20-14-16-28-24(18-20)22-10-6-8-12-26(22)30(28)4-2;1-2-15-13-9-5-3-7-11(13)12-8-4-6-10-14(12)15;1-6(2)10-9-11-7(3)8(4,5)12-9;1-3-4-2;;1-2-3;/h13-24H,11-12H2,1-10H3;5-16H,3-4H2,1-2H3;5-18H,3-4H2,1-2H3;3-10H,2H2,1H3;6-7H,1-5H3;1,3-4H2,2H3;1H4;3H;/q;;;;;-1;;;+1. The van der Waals surface area contributed by atoms with E-state index in [1.54, 1.807) is 0 Å². The van der Waals surface area contributed by atoms with Crippen molar-refractivity contribution in [2.75, 3.05) is 0 Å². The normalized spacial score (nSPS) is 15.4. The summed E-state index contributed by atoms with van der Waals surface area (Å²) < 4.78 is 63.8. The van der Waals surface area contributed by atoms with Crippen LogP contribution in [0.25, 0.3) is 186 Å². The van der Waals surface area contributed by atoms with Crippen molar-refractivity contribution in [2.45, 2.75) is 252 Å². The first-order chi connectivity index (χ1) is 69.2. The Labute approximate surface area is 897 Å². The molecule has 1 unspecified atom stereocenters. The minimum atomic E-state index is -0.491. The van der Waals surface area contributed by atoms with Crippen molar-refractivity contribution >= 4 is 237 Å². The SMILES string of the molecule is C.CC(C)OB1OC(C)C(C)(C)O1.CCn1c2ccc(B3OC(C)(C)C(C)(C)O3)cc2c2cc(-c3ccc4c(c3)c3cc(B5OC(C)(C)C(C)(C)O5)ccc3n4CC)ccc21.CCn1c2ccc(Br)cc2c2cc(-c3ccc4c(c3)c3cc(Br)ccc3n4CC)ccc21.CCn1c2ccccc2c2cc(-c3ccc4c(c3)c3ccccc3n4CC)ccc21.CCn1c2ccccc2c2ccccc21.[B]=NS.[CH2-]CCC.[Li+]. The average Bonchev–Trinajstić information content (AvgIpc) is 1.59. The number of rotatable bonds is 15. The fourth-order valence-corrected chi connectivity index (χ4v) is 21.9. The molecule has 3 aliphatic heterocycles. The minimum Gasteiger partial charge on any atom is -0.343 e. The Bertz CT molecular complexity index is 7920. The molecule has 0 saturated carbocycles. The fourth-order valence-electron chi connectivity index (χ4n) is 21.2. The van der Waals surface area contributed by atoms with Gasteiger partial charge in [0.05, 0.1) is 34.1 Å². The van der Waals surface area contributed by atoms with Gasteiger partial charge < -0.3 is 71.5 Å². The molecule has 15 nitrogen and oxygen atoms in total. The Morgan fingerprint density at radius 1 is 0.329 bits per heavy atom. The monoisotopic (exact) mass is 2080 g/mol. The third kappa shape index (κ3) is 20.3. The number of aromatic nitrogens is 7. The van der Waals surface area contributed by atoms with Crippen LogP contribution in [0.2, 0.25) is 0 Å². The predicted molar refractivity (Wildman–Crippen MR) is 631 cm³/mol. The molecule has 3 fully saturated rings. The van der Waals surface area contributed by atoms with Crippen LogP contribution in [-0.4, -0.2) is 101 Å². The van der Waals surface area contributed by atoms with Crippen LogP contribution in [0.3, 0.4) is 0 Å². The zero-order valence-corrected chi connectivity index (χ0v) is 92.3. The number of para-hydroxylation sites is 4. The second-order valence-corrected chi connectivity index (χ2v) is 42.7. The van der Waals surface area contributed by atoms with E-state index in [-0.39, 0.29) is 66.5 Å². The van der Waals surface area contributed by atoms with E-state index in [4.69, 9.17) is 32.6 Å². The van der Waals surface area contributed by atoms with Crippen LogP contribution in [-0.2, 0) is 78.4 Å². The molecule has 0 N–H and O–H groups in total. The number of halogens is 2. The van der Waals surface area contributed by atoms with Gasteiger partial charge in [-0.1, -0.05) is 186 Å². The van der Waals surface area contributed by atoms with Crippen molar-refractivity contribution in [1.29, 1.82) is 0 Å². The topological polar surface area (TPSA) is 111 Å². The van der Waals surface area contributed by atoms with Crippen LogP contribution >= 0.6 is 44.7 Å². The predicted octanol–water partition coefficient (Wildman–Crippen LogP) is 29.8. The molecule has 21 aromatic rings. The summed E-state index contributed by atoms with van der Waals surface area (Å²) in [6, 6.07) is 103. The Morgan fingerprint density at radius 3 is 0.747 bits per heavy atom. The van der Waals surface area contributed by atoms with Gasteiger partial charge in [-0.3, -0.25) is 0 Å². The van der Waals surface area contributed by atoms with Gasteiger partial charge in [-0.15, -0.1) is 0 Å². The number of benzene rings is 14. The zero-order valence-electron chi connectivity index (χ0n) is 88.2. The van der Waals surface area contributed by atoms with E-state index < -0.39 is 21.6 Å². The largest absolute Gasteiger partial charge is 1.00 e. The van der Waals surface area contributed by atoms with E-state index in [0.717, 1.165) is 72.1 Å². The molecule has 1 atom stereocenters. The molecular weight excluding hydrogens is 1940 g/mol. The molecule has 1 radical (unpaired) electrons. The van der Waals surface area contributed by atoms with Gasteiger partial charge in [0.25, 0.3) is 0 Å². The fraction of sp³-hybridized carbons (Fsp3) is 0.309. The Balaban J connectivity index is 0.000000137. The summed E-state index contributed by atoms with van der Waals surface area (Å²) in [5, 5.41) is 18.2. The van der Waals surface area contributed by atoms with Gasteiger partial charge in [0.1, 0.15) is 0 Å². The number of fused-ring (bicyclic) bond motifs is 21. The number of hydrogen-bond acceptors (Lipinski definition) is 9. The van der Waals surface area contributed by atoms with Crippen LogP contribution < -0.4 is 29.8 Å². The summed E-state index contributed by atoms with van der Waals surface area (Å²) in [7, 11) is 3.05. The van der Waals surface area contributed by atoms with E-state index in [0.29, 0.717) is 0 Å². The van der Waals surface area contributed by atoms with E-state index in [1.807, 2.05) is 34.6 Å². The maximum Gasteiger partial charge on any atom is 1.00 e. The third-order valence-corrected chi connectivity index (χ3v) is 31.3. The van der Waals surface area contributed by atoms with Crippen LogP contribution in [0, 0.1) is 6.92 Å². The van der Waals surface area contributed by atoms with E-state index >= 15 is 0 Å². The molecule has 146 heavy (non-hydrogen) atoms. The van der Waals surface area contributed by atoms with Crippen molar-refractivity contribution in [3.63, 3.8) is 0 Å². The van der Waals surface area contributed by atoms with Crippen LogP contribution in [0.5, 0.6) is 0 Å². The van der Waals surface area contributed by atoms with Crippen molar-refractivity contribution in [3.8, 4) is 33.4 Å². The quantitative estimate of drug-likeness (QED) is 0.0618. The number of thiol groups is 1. The molecule has 7 aromatic heterocycles. The molecule has 3 aliphatic rings.